The van der Waals surface area contributed by atoms with E-state index in [0.29, 0.717) is 31.0 Å². The van der Waals surface area contributed by atoms with Gasteiger partial charge in [0.05, 0.1) is 0 Å². The molecule has 0 spiro atoms. The summed E-state index contributed by atoms with van der Waals surface area (Å²) in [6.07, 6.45) is -1.08. The molecule has 0 aromatic heterocycles. The molecule has 2 aliphatic rings. The van der Waals surface area contributed by atoms with Crippen LogP contribution >= 0.6 is 12.4 Å². The number of carbonyl (C=O) groups excluding carboxylic acids is 2. The number of halogens is 4. The summed E-state index contributed by atoms with van der Waals surface area (Å²) in [6, 6.07) is 4.65. The van der Waals surface area contributed by atoms with Gasteiger partial charge in [-0.3, -0.25) is 9.59 Å². The van der Waals surface area contributed by atoms with Gasteiger partial charge in [-0.25, -0.2) is 0 Å². The molecule has 2 amide bonds. The van der Waals surface area contributed by atoms with Crippen molar-refractivity contribution in [2.45, 2.75) is 44.5 Å². The third-order valence-corrected chi connectivity index (χ3v) is 5.14. The number of nitrogens with zero attached hydrogens (tertiary/aromatic N) is 1. The van der Waals surface area contributed by atoms with Gasteiger partial charge in [0, 0.05) is 24.7 Å². The highest BCUT2D eigenvalue weighted by molar-refractivity contribution is 6.01. The zero-order chi connectivity index (χ0) is 20.1. The average molecular weight is 436 g/mol. The maximum atomic E-state index is 12.6. The van der Waals surface area contributed by atoms with Gasteiger partial charge >= 0.3 is 6.36 Å². The Balaban J connectivity index is 0.00000300. The first-order valence-corrected chi connectivity index (χ1v) is 9.49. The fourth-order valence-electron chi connectivity index (χ4n) is 3.69. The summed E-state index contributed by atoms with van der Waals surface area (Å²) in [5.41, 5.74) is 0.318. The van der Waals surface area contributed by atoms with Crippen LogP contribution < -0.4 is 20.3 Å². The van der Waals surface area contributed by atoms with Crippen LogP contribution in [0, 0.1) is 5.92 Å². The molecule has 0 aliphatic carbocycles. The van der Waals surface area contributed by atoms with Gasteiger partial charge in [0.1, 0.15) is 11.8 Å². The Hall–Kier alpha value is -2.00. The van der Waals surface area contributed by atoms with Crippen molar-refractivity contribution >= 4 is 29.9 Å². The summed E-state index contributed by atoms with van der Waals surface area (Å²) in [4.78, 5) is 26.2. The quantitative estimate of drug-likeness (QED) is 0.720. The van der Waals surface area contributed by atoms with Crippen molar-refractivity contribution in [1.82, 2.24) is 10.6 Å². The molecule has 2 saturated heterocycles. The maximum Gasteiger partial charge on any atom is 0.573 e. The number of anilines is 1. The van der Waals surface area contributed by atoms with E-state index >= 15 is 0 Å². The molecule has 0 bridgehead atoms. The molecular formula is C19H25ClF3N3O3. The van der Waals surface area contributed by atoms with E-state index in [-0.39, 0.29) is 30.0 Å². The summed E-state index contributed by atoms with van der Waals surface area (Å²) < 4.78 is 41.1. The zero-order valence-corrected chi connectivity index (χ0v) is 16.7. The van der Waals surface area contributed by atoms with Gasteiger partial charge in [0.25, 0.3) is 0 Å². The molecule has 2 N–H and O–H groups in total. The number of piperidine rings is 1. The van der Waals surface area contributed by atoms with Crippen LogP contribution in [0.25, 0.3) is 0 Å². The molecule has 0 saturated carbocycles. The predicted octanol–water partition coefficient (Wildman–Crippen LogP) is 3.01. The van der Waals surface area contributed by atoms with E-state index < -0.39 is 12.4 Å². The summed E-state index contributed by atoms with van der Waals surface area (Å²) in [7, 11) is 0. The second-order valence-corrected chi connectivity index (χ2v) is 7.18. The van der Waals surface area contributed by atoms with Crippen LogP contribution in [0.2, 0.25) is 0 Å². The molecule has 1 aromatic rings. The molecule has 6 nitrogen and oxygen atoms in total. The second kappa shape index (κ2) is 10.2. The van der Waals surface area contributed by atoms with Crippen LogP contribution in [0.3, 0.4) is 0 Å². The lowest BCUT2D eigenvalue weighted by molar-refractivity contribution is -0.274. The van der Waals surface area contributed by atoms with Crippen LogP contribution in [0.4, 0.5) is 18.9 Å². The first-order valence-electron chi connectivity index (χ1n) is 9.49. The fraction of sp³-hybridized carbons (Fsp3) is 0.579. The first kappa shape index (κ1) is 23.3. The molecule has 10 heteroatoms. The molecule has 3 rings (SSSR count). The van der Waals surface area contributed by atoms with Gasteiger partial charge in [-0.15, -0.1) is 25.6 Å². The van der Waals surface area contributed by atoms with E-state index in [9.17, 15) is 22.8 Å². The summed E-state index contributed by atoms with van der Waals surface area (Å²) in [5.74, 6) is -0.335. The standard InChI is InChI=1S/C19H24F3N3O3.ClH/c20-19(21,22)28-15-3-1-2-14(12-15)25-11-8-16(18(25)27)24-17(26)5-4-13-6-9-23-10-7-13;/h1-3,12-13,16,23H,4-11H2,(H,24,26);1H. The normalized spacial score (nSPS) is 20.3. The number of alkyl halides is 3. The van der Waals surface area contributed by atoms with Crippen molar-refractivity contribution in [2.24, 2.45) is 5.92 Å². The number of amides is 2. The lowest BCUT2D eigenvalue weighted by Crippen LogP contribution is -2.41. The first-order chi connectivity index (χ1) is 13.3. The second-order valence-electron chi connectivity index (χ2n) is 7.18. The van der Waals surface area contributed by atoms with Crippen molar-refractivity contribution in [3.63, 3.8) is 0 Å². The van der Waals surface area contributed by atoms with E-state index in [1.807, 2.05) is 0 Å². The van der Waals surface area contributed by atoms with Crippen LogP contribution in [0.5, 0.6) is 5.75 Å². The lowest BCUT2D eigenvalue weighted by atomic mass is 9.93. The smallest absolute Gasteiger partial charge is 0.406 e. The average Bonchev–Trinajstić information content (AvgIpc) is 3.00. The molecule has 2 fully saturated rings. The number of hydrogen-bond donors (Lipinski definition) is 2. The van der Waals surface area contributed by atoms with E-state index in [1.165, 1.54) is 23.1 Å². The van der Waals surface area contributed by atoms with Gasteiger partial charge in [0.2, 0.25) is 11.8 Å². The minimum absolute atomic E-state index is 0. The van der Waals surface area contributed by atoms with Crippen molar-refractivity contribution in [3.8, 4) is 5.75 Å². The summed E-state index contributed by atoms with van der Waals surface area (Å²) in [6.45, 7) is 2.27. The van der Waals surface area contributed by atoms with Crippen LogP contribution in [0.15, 0.2) is 24.3 Å². The molecule has 2 heterocycles. The molecular weight excluding hydrogens is 411 g/mol. The highest BCUT2D eigenvalue weighted by Crippen LogP contribution is 2.29. The van der Waals surface area contributed by atoms with Crippen molar-refractivity contribution in [3.05, 3.63) is 24.3 Å². The molecule has 1 aromatic carbocycles. The van der Waals surface area contributed by atoms with E-state index in [2.05, 4.69) is 15.4 Å². The van der Waals surface area contributed by atoms with Crippen LogP contribution in [-0.2, 0) is 9.59 Å². The SMILES string of the molecule is Cl.O=C(CCC1CCNCC1)NC1CCN(c2cccc(OC(F)(F)F)c2)C1=O. The Morgan fingerprint density at radius 1 is 1.24 bits per heavy atom. The Morgan fingerprint density at radius 2 is 1.97 bits per heavy atom. The molecule has 1 unspecified atom stereocenters. The number of rotatable bonds is 6. The summed E-state index contributed by atoms with van der Waals surface area (Å²) in [5, 5.41) is 6.05. The Kier molecular flexibility index (Phi) is 8.15. The van der Waals surface area contributed by atoms with Crippen molar-refractivity contribution in [2.75, 3.05) is 24.5 Å². The molecule has 29 heavy (non-hydrogen) atoms. The Labute approximate surface area is 173 Å². The van der Waals surface area contributed by atoms with Crippen LogP contribution in [0.1, 0.15) is 32.1 Å². The molecule has 0 radical (unpaired) electrons. The molecule has 162 valence electrons. The fourth-order valence-corrected chi connectivity index (χ4v) is 3.69. The lowest BCUT2D eigenvalue weighted by Gasteiger charge is -2.22. The third-order valence-electron chi connectivity index (χ3n) is 5.14. The van der Waals surface area contributed by atoms with Crippen molar-refractivity contribution in [1.29, 1.82) is 0 Å². The predicted molar refractivity (Wildman–Crippen MR) is 104 cm³/mol. The molecule has 2 aliphatic heterocycles. The largest absolute Gasteiger partial charge is 0.573 e. The van der Waals surface area contributed by atoms with Gasteiger partial charge in [-0.2, -0.15) is 0 Å². The number of ether oxygens (including phenoxy) is 1. The van der Waals surface area contributed by atoms with E-state index in [0.717, 1.165) is 32.4 Å². The topological polar surface area (TPSA) is 70.7 Å². The van der Waals surface area contributed by atoms with E-state index in [4.69, 9.17) is 0 Å². The van der Waals surface area contributed by atoms with Gasteiger partial charge in [-0.05, 0) is 56.8 Å². The zero-order valence-electron chi connectivity index (χ0n) is 15.8. The maximum absolute atomic E-state index is 12.6. The Bertz CT molecular complexity index is 711. The minimum Gasteiger partial charge on any atom is -0.406 e. The highest BCUT2D eigenvalue weighted by atomic mass is 35.5. The molecule has 1 atom stereocenters. The third kappa shape index (κ3) is 6.78. The minimum atomic E-state index is -4.79. The number of hydrogen-bond acceptors (Lipinski definition) is 4. The highest BCUT2D eigenvalue weighted by Gasteiger charge is 2.35. The van der Waals surface area contributed by atoms with E-state index in [1.54, 1.807) is 6.07 Å². The van der Waals surface area contributed by atoms with Crippen molar-refractivity contribution < 1.29 is 27.5 Å². The monoisotopic (exact) mass is 435 g/mol. The number of carbonyl (C=O) groups is 2. The number of benzene rings is 1. The van der Waals surface area contributed by atoms with Gasteiger partial charge < -0.3 is 20.3 Å². The van der Waals surface area contributed by atoms with Crippen LogP contribution in [-0.4, -0.2) is 43.9 Å². The number of nitrogens with one attached hydrogen (secondary N) is 2. The Morgan fingerprint density at radius 3 is 2.66 bits per heavy atom. The van der Waals surface area contributed by atoms with Gasteiger partial charge in [-0.1, -0.05) is 6.07 Å². The van der Waals surface area contributed by atoms with Gasteiger partial charge in [0.15, 0.2) is 0 Å². The summed E-state index contributed by atoms with van der Waals surface area (Å²) >= 11 is 0.